The van der Waals surface area contributed by atoms with Crippen LogP contribution >= 0.6 is 0 Å². The van der Waals surface area contributed by atoms with Gasteiger partial charge in [0.2, 0.25) is 0 Å². The lowest BCUT2D eigenvalue weighted by Crippen LogP contribution is -2.34. The van der Waals surface area contributed by atoms with Crippen molar-refractivity contribution in [2.24, 2.45) is 0 Å². The molecular formula is C20H40N2O8. The lowest BCUT2D eigenvalue weighted by atomic mass is 10.3. The molecule has 0 saturated carbocycles. The zero-order chi connectivity index (χ0) is 22.5. The molecule has 0 radical (unpaired) electrons. The van der Waals surface area contributed by atoms with Gasteiger partial charge >= 0.3 is 12.2 Å². The van der Waals surface area contributed by atoms with Gasteiger partial charge < -0.3 is 39.8 Å². The van der Waals surface area contributed by atoms with E-state index in [1.54, 1.807) is 0 Å². The van der Waals surface area contributed by atoms with Gasteiger partial charge in [0, 0.05) is 26.3 Å². The molecule has 0 aromatic rings. The van der Waals surface area contributed by atoms with Crippen LogP contribution in [0.15, 0.2) is 0 Å². The molecular weight excluding hydrogens is 396 g/mol. The summed E-state index contributed by atoms with van der Waals surface area (Å²) in [7, 11) is 0. The number of amides is 2. The van der Waals surface area contributed by atoms with E-state index in [4.69, 9.17) is 18.9 Å². The largest absolute Gasteiger partial charge is 0.447 e. The molecule has 178 valence electrons. The normalized spacial score (nSPS) is 12.8. The highest BCUT2D eigenvalue weighted by Gasteiger charge is 2.13. The number of hydrogen-bond donors (Lipinski definition) is 4. The summed E-state index contributed by atoms with van der Waals surface area (Å²) < 4.78 is 20.7. The first-order valence-corrected chi connectivity index (χ1v) is 10.8. The Bertz CT molecular complexity index is 426. The van der Waals surface area contributed by atoms with Crippen LogP contribution in [-0.4, -0.2) is 87.3 Å². The third-order valence-corrected chi connectivity index (χ3v) is 3.92. The average molecular weight is 437 g/mol. The summed E-state index contributed by atoms with van der Waals surface area (Å²) in [6.07, 6.45) is 2.47. The highest BCUT2D eigenvalue weighted by atomic mass is 16.6. The lowest BCUT2D eigenvalue weighted by molar-refractivity contribution is -0.0133. The average Bonchev–Trinajstić information content (AvgIpc) is 2.73. The van der Waals surface area contributed by atoms with E-state index in [1.165, 1.54) is 0 Å². The maximum absolute atomic E-state index is 11.5. The van der Waals surface area contributed by atoms with Crippen molar-refractivity contribution in [2.45, 2.75) is 64.6 Å². The molecule has 0 heterocycles. The molecule has 0 aliphatic heterocycles. The summed E-state index contributed by atoms with van der Waals surface area (Å²) in [6, 6.07) is 0. The van der Waals surface area contributed by atoms with Crippen LogP contribution in [0, 0.1) is 0 Å². The van der Waals surface area contributed by atoms with Gasteiger partial charge in [-0.3, -0.25) is 0 Å². The molecule has 30 heavy (non-hydrogen) atoms. The minimum atomic E-state index is -0.871. The molecule has 0 aromatic heterocycles. The minimum absolute atomic E-state index is 0.0800. The van der Waals surface area contributed by atoms with E-state index in [0.717, 1.165) is 25.7 Å². The maximum Gasteiger partial charge on any atom is 0.407 e. The number of hydrogen-bond acceptors (Lipinski definition) is 8. The molecule has 0 aromatic carbocycles. The standard InChI is InChI=1S/C20H40N2O8/c1-3-5-9-21-19(25)29-15-17(24)14-27-11-7-8-12-28-16-18(13-23)30-20(26)22-10-6-4-2/h17-18,23-24H,3-16H2,1-2H3,(H,21,25)(H,22,26). The summed E-state index contributed by atoms with van der Waals surface area (Å²) in [5.41, 5.74) is 0. The van der Waals surface area contributed by atoms with Crippen molar-refractivity contribution in [3.63, 3.8) is 0 Å². The Morgan fingerprint density at radius 3 is 1.97 bits per heavy atom. The van der Waals surface area contributed by atoms with Crippen LogP contribution in [0.2, 0.25) is 0 Å². The summed E-state index contributed by atoms with van der Waals surface area (Å²) in [5, 5.41) is 24.2. The molecule has 0 fully saturated rings. The molecule has 0 aliphatic carbocycles. The van der Waals surface area contributed by atoms with Gasteiger partial charge in [0.1, 0.15) is 18.8 Å². The fourth-order valence-electron chi connectivity index (χ4n) is 2.16. The number of aliphatic hydroxyl groups is 2. The Hall–Kier alpha value is -1.62. The van der Waals surface area contributed by atoms with Crippen molar-refractivity contribution in [1.29, 1.82) is 0 Å². The van der Waals surface area contributed by atoms with Gasteiger partial charge in [0.25, 0.3) is 0 Å². The molecule has 0 spiro atoms. The van der Waals surface area contributed by atoms with Crippen LogP contribution in [0.3, 0.4) is 0 Å². The van der Waals surface area contributed by atoms with Gasteiger partial charge in [-0.2, -0.15) is 0 Å². The number of carbonyl (C=O) groups excluding carboxylic acids is 2. The first-order valence-electron chi connectivity index (χ1n) is 10.8. The lowest BCUT2D eigenvalue weighted by Gasteiger charge is -2.16. The second-order valence-electron chi connectivity index (χ2n) is 6.88. The van der Waals surface area contributed by atoms with Crippen molar-refractivity contribution in [3.05, 3.63) is 0 Å². The first-order chi connectivity index (χ1) is 14.5. The molecule has 10 heteroatoms. The first kappa shape index (κ1) is 28.4. The predicted molar refractivity (Wildman–Crippen MR) is 111 cm³/mol. The number of unbranched alkanes of at least 4 members (excludes halogenated alkanes) is 3. The molecule has 10 nitrogen and oxygen atoms in total. The van der Waals surface area contributed by atoms with Gasteiger partial charge in [-0.25, -0.2) is 9.59 Å². The van der Waals surface area contributed by atoms with E-state index >= 15 is 0 Å². The van der Waals surface area contributed by atoms with Gasteiger partial charge in [-0.05, 0) is 25.7 Å². The molecule has 2 unspecified atom stereocenters. The Balaban J connectivity index is 3.56. The number of ether oxygens (including phenoxy) is 4. The molecule has 0 rings (SSSR count). The van der Waals surface area contributed by atoms with Crippen molar-refractivity contribution >= 4 is 12.2 Å². The van der Waals surface area contributed by atoms with Crippen molar-refractivity contribution in [2.75, 3.05) is 52.7 Å². The van der Waals surface area contributed by atoms with Gasteiger partial charge in [-0.15, -0.1) is 0 Å². The van der Waals surface area contributed by atoms with Crippen LogP contribution in [0.5, 0.6) is 0 Å². The van der Waals surface area contributed by atoms with Gasteiger partial charge in [0.05, 0.1) is 19.8 Å². The van der Waals surface area contributed by atoms with E-state index in [0.29, 0.717) is 39.1 Å². The smallest absolute Gasteiger partial charge is 0.407 e. The van der Waals surface area contributed by atoms with E-state index in [1.807, 2.05) is 13.8 Å². The summed E-state index contributed by atoms with van der Waals surface area (Å²) in [5.74, 6) is 0. The third-order valence-electron chi connectivity index (χ3n) is 3.92. The highest BCUT2D eigenvalue weighted by Crippen LogP contribution is 1.98. The fraction of sp³-hybridized carbons (Fsp3) is 0.900. The number of rotatable bonds is 19. The van der Waals surface area contributed by atoms with Crippen LogP contribution in [0.1, 0.15) is 52.4 Å². The van der Waals surface area contributed by atoms with E-state index in [-0.39, 0.29) is 26.4 Å². The predicted octanol–water partition coefficient (Wildman–Crippen LogP) is 1.57. The van der Waals surface area contributed by atoms with Crippen LogP contribution in [-0.2, 0) is 18.9 Å². The molecule has 2 amide bonds. The maximum atomic E-state index is 11.5. The molecule has 0 saturated heterocycles. The SMILES string of the molecule is CCCCNC(=O)OCC(O)COCCCCOCC(CO)OC(=O)NCCCC. The number of alkyl carbamates (subject to hydrolysis) is 2. The number of aliphatic hydroxyl groups excluding tert-OH is 2. The van der Waals surface area contributed by atoms with Crippen LogP contribution in [0.4, 0.5) is 9.59 Å². The molecule has 0 bridgehead atoms. The summed E-state index contributed by atoms with van der Waals surface area (Å²) >= 11 is 0. The van der Waals surface area contributed by atoms with Crippen LogP contribution in [0.25, 0.3) is 0 Å². The second kappa shape index (κ2) is 20.6. The van der Waals surface area contributed by atoms with E-state index in [2.05, 4.69) is 10.6 Å². The van der Waals surface area contributed by atoms with E-state index < -0.39 is 24.4 Å². The number of carbonyl (C=O) groups is 2. The van der Waals surface area contributed by atoms with Crippen molar-refractivity contribution in [1.82, 2.24) is 10.6 Å². The Morgan fingerprint density at radius 1 is 0.833 bits per heavy atom. The van der Waals surface area contributed by atoms with Crippen LogP contribution < -0.4 is 10.6 Å². The van der Waals surface area contributed by atoms with Gasteiger partial charge in [-0.1, -0.05) is 26.7 Å². The second-order valence-corrected chi connectivity index (χ2v) is 6.88. The molecule has 4 N–H and O–H groups in total. The van der Waals surface area contributed by atoms with Gasteiger partial charge in [0.15, 0.2) is 0 Å². The zero-order valence-corrected chi connectivity index (χ0v) is 18.4. The zero-order valence-electron chi connectivity index (χ0n) is 18.4. The number of nitrogens with one attached hydrogen (secondary N) is 2. The Morgan fingerprint density at radius 2 is 1.40 bits per heavy atom. The third kappa shape index (κ3) is 18.4. The van der Waals surface area contributed by atoms with Crippen molar-refractivity contribution in [3.8, 4) is 0 Å². The highest BCUT2D eigenvalue weighted by molar-refractivity contribution is 5.67. The minimum Gasteiger partial charge on any atom is -0.447 e. The Labute approximate surface area is 179 Å². The van der Waals surface area contributed by atoms with E-state index in [9.17, 15) is 19.8 Å². The quantitative estimate of drug-likeness (QED) is 0.224. The summed E-state index contributed by atoms with van der Waals surface area (Å²) in [4.78, 5) is 22.9. The molecule has 2 atom stereocenters. The summed E-state index contributed by atoms with van der Waals surface area (Å²) in [6.45, 7) is 5.80. The topological polar surface area (TPSA) is 136 Å². The van der Waals surface area contributed by atoms with Crippen molar-refractivity contribution < 1.29 is 38.7 Å². The fourth-order valence-corrected chi connectivity index (χ4v) is 2.16. The monoisotopic (exact) mass is 436 g/mol. The molecule has 0 aliphatic rings. The Kier molecular flexibility index (Phi) is 19.5.